The topological polar surface area (TPSA) is 73.2 Å². The van der Waals surface area contributed by atoms with Crippen molar-refractivity contribution in [1.29, 1.82) is 0 Å². The van der Waals surface area contributed by atoms with Gasteiger partial charge in [-0.15, -0.1) is 0 Å². The van der Waals surface area contributed by atoms with Crippen molar-refractivity contribution in [2.75, 3.05) is 39.4 Å². The van der Waals surface area contributed by atoms with Crippen LogP contribution in [0.1, 0.15) is 24.3 Å². The van der Waals surface area contributed by atoms with Crippen LogP contribution in [0.3, 0.4) is 0 Å². The Bertz CT molecular complexity index is 535. The van der Waals surface area contributed by atoms with Crippen molar-refractivity contribution in [2.45, 2.75) is 18.8 Å². The number of carbonyl (C=O) groups is 1. The zero-order chi connectivity index (χ0) is 15.5. The summed E-state index contributed by atoms with van der Waals surface area (Å²) in [6.45, 7) is 3.95. The van der Waals surface area contributed by atoms with Crippen LogP contribution in [-0.4, -0.2) is 65.4 Å². The van der Waals surface area contributed by atoms with Gasteiger partial charge in [0.1, 0.15) is 11.5 Å². The van der Waals surface area contributed by atoms with Crippen molar-refractivity contribution >= 4 is 6.03 Å². The molecule has 2 aliphatic rings. The molecule has 1 aromatic carbocycles. The summed E-state index contributed by atoms with van der Waals surface area (Å²) in [6, 6.07) is 4.84. The molecule has 2 amide bonds. The summed E-state index contributed by atoms with van der Waals surface area (Å²) in [4.78, 5) is 16.2. The molecule has 2 heterocycles. The minimum absolute atomic E-state index is 0.0705. The van der Waals surface area contributed by atoms with Gasteiger partial charge in [0.15, 0.2) is 0 Å². The molecule has 2 aliphatic heterocycles. The normalized spacial score (nSPS) is 20.2. The highest BCUT2D eigenvalue weighted by molar-refractivity contribution is 5.74. The number of hydrogen-bond donors (Lipinski definition) is 2. The molecule has 2 saturated heterocycles. The van der Waals surface area contributed by atoms with Gasteiger partial charge in [-0.2, -0.15) is 0 Å². The van der Waals surface area contributed by atoms with E-state index in [1.54, 1.807) is 12.1 Å². The van der Waals surface area contributed by atoms with Crippen molar-refractivity contribution in [1.82, 2.24) is 9.80 Å². The summed E-state index contributed by atoms with van der Waals surface area (Å²) in [5, 5.41) is 19.3. The van der Waals surface area contributed by atoms with Gasteiger partial charge in [-0.3, -0.25) is 0 Å². The molecular weight excluding hydrogens is 284 g/mol. The van der Waals surface area contributed by atoms with Crippen LogP contribution in [0, 0.1) is 0 Å². The van der Waals surface area contributed by atoms with E-state index in [1.165, 1.54) is 6.07 Å². The number of amides is 2. The Labute approximate surface area is 129 Å². The van der Waals surface area contributed by atoms with Gasteiger partial charge in [-0.25, -0.2) is 4.79 Å². The number of hydrogen-bond acceptors (Lipinski definition) is 4. The number of ether oxygens (including phenoxy) is 1. The molecule has 2 fully saturated rings. The van der Waals surface area contributed by atoms with Crippen molar-refractivity contribution in [2.24, 2.45) is 0 Å². The van der Waals surface area contributed by atoms with Gasteiger partial charge >= 0.3 is 6.03 Å². The number of phenolic OH excluding ortho intramolecular Hbond substituents is 2. The van der Waals surface area contributed by atoms with Crippen LogP contribution in [0.15, 0.2) is 18.2 Å². The fraction of sp³-hybridized carbons (Fsp3) is 0.562. The van der Waals surface area contributed by atoms with E-state index in [0.717, 1.165) is 18.4 Å². The summed E-state index contributed by atoms with van der Waals surface area (Å²) >= 11 is 0. The number of urea groups is 1. The monoisotopic (exact) mass is 306 g/mol. The largest absolute Gasteiger partial charge is 0.508 e. The maximum Gasteiger partial charge on any atom is 0.320 e. The number of morpholine rings is 1. The van der Waals surface area contributed by atoms with Crippen molar-refractivity contribution in [3.63, 3.8) is 0 Å². The van der Waals surface area contributed by atoms with Crippen LogP contribution < -0.4 is 0 Å². The first-order valence-corrected chi connectivity index (χ1v) is 7.78. The van der Waals surface area contributed by atoms with Crippen LogP contribution in [0.2, 0.25) is 0 Å². The number of likely N-dealkylation sites (tertiary alicyclic amines) is 1. The number of benzene rings is 1. The Morgan fingerprint density at radius 1 is 1.05 bits per heavy atom. The van der Waals surface area contributed by atoms with E-state index >= 15 is 0 Å². The molecule has 3 rings (SSSR count). The molecule has 120 valence electrons. The van der Waals surface area contributed by atoms with Crippen molar-refractivity contribution in [3.05, 3.63) is 23.8 Å². The highest BCUT2D eigenvalue weighted by Crippen LogP contribution is 2.35. The zero-order valence-electron chi connectivity index (χ0n) is 12.6. The van der Waals surface area contributed by atoms with Gasteiger partial charge in [0, 0.05) is 32.2 Å². The first-order valence-electron chi connectivity index (χ1n) is 7.78. The summed E-state index contributed by atoms with van der Waals surface area (Å²) in [5.41, 5.74) is 0.858. The van der Waals surface area contributed by atoms with Gasteiger partial charge in [-0.05, 0) is 30.4 Å². The SMILES string of the molecule is O=C(N1CCOCC1)N1CCC(c2ccc(O)cc2O)CC1. The molecule has 2 N–H and O–H groups in total. The van der Waals surface area contributed by atoms with E-state index in [4.69, 9.17) is 4.74 Å². The van der Waals surface area contributed by atoms with Gasteiger partial charge in [0.05, 0.1) is 13.2 Å². The number of piperidine rings is 1. The number of phenols is 2. The number of aromatic hydroxyl groups is 2. The smallest absolute Gasteiger partial charge is 0.320 e. The summed E-state index contributed by atoms with van der Waals surface area (Å²) in [5.74, 6) is 0.438. The average Bonchev–Trinajstić information content (AvgIpc) is 2.55. The lowest BCUT2D eigenvalue weighted by Gasteiger charge is -2.37. The molecule has 1 aromatic rings. The molecular formula is C16H22N2O4. The van der Waals surface area contributed by atoms with E-state index in [0.29, 0.717) is 39.4 Å². The molecule has 0 spiro atoms. The summed E-state index contributed by atoms with van der Waals surface area (Å²) in [7, 11) is 0. The van der Waals surface area contributed by atoms with Crippen molar-refractivity contribution in [3.8, 4) is 11.5 Å². The molecule has 0 aromatic heterocycles. The van der Waals surface area contributed by atoms with Crippen LogP contribution in [0.5, 0.6) is 11.5 Å². The van der Waals surface area contributed by atoms with Gasteiger partial charge in [0.2, 0.25) is 0 Å². The third-order valence-corrected chi connectivity index (χ3v) is 4.50. The lowest BCUT2D eigenvalue weighted by molar-refractivity contribution is 0.0411. The first-order chi connectivity index (χ1) is 10.6. The molecule has 0 bridgehead atoms. The number of rotatable bonds is 1. The molecule has 0 atom stereocenters. The second-order valence-electron chi connectivity index (χ2n) is 5.89. The van der Waals surface area contributed by atoms with Crippen LogP contribution in [-0.2, 0) is 4.74 Å². The van der Waals surface area contributed by atoms with E-state index < -0.39 is 0 Å². The minimum Gasteiger partial charge on any atom is -0.508 e. The zero-order valence-corrected chi connectivity index (χ0v) is 12.6. The lowest BCUT2D eigenvalue weighted by atomic mass is 9.89. The van der Waals surface area contributed by atoms with E-state index in [-0.39, 0.29) is 23.4 Å². The molecule has 6 heteroatoms. The van der Waals surface area contributed by atoms with Crippen LogP contribution in [0.4, 0.5) is 4.79 Å². The third kappa shape index (κ3) is 3.11. The molecule has 0 radical (unpaired) electrons. The number of carbonyl (C=O) groups excluding carboxylic acids is 1. The predicted octanol–water partition coefficient (Wildman–Crippen LogP) is 1.73. The second kappa shape index (κ2) is 6.44. The highest BCUT2D eigenvalue weighted by Gasteiger charge is 2.28. The fourth-order valence-corrected chi connectivity index (χ4v) is 3.21. The lowest BCUT2D eigenvalue weighted by Crippen LogP contribution is -2.50. The fourth-order valence-electron chi connectivity index (χ4n) is 3.21. The summed E-state index contributed by atoms with van der Waals surface area (Å²) in [6.07, 6.45) is 1.66. The van der Waals surface area contributed by atoms with Crippen LogP contribution in [0.25, 0.3) is 0 Å². The standard InChI is InChI=1S/C16H22N2O4/c19-13-1-2-14(15(20)11-13)12-3-5-17(6-4-12)16(21)18-7-9-22-10-8-18/h1-2,11-12,19-20H,3-10H2. The number of nitrogens with zero attached hydrogens (tertiary/aromatic N) is 2. The molecule has 6 nitrogen and oxygen atoms in total. The first kappa shape index (κ1) is 15.0. The third-order valence-electron chi connectivity index (χ3n) is 4.50. The Morgan fingerprint density at radius 3 is 2.32 bits per heavy atom. The molecule has 22 heavy (non-hydrogen) atoms. The Balaban J connectivity index is 1.59. The molecule has 0 aliphatic carbocycles. The second-order valence-corrected chi connectivity index (χ2v) is 5.89. The van der Waals surface area contributed by atoms with Crippen LogP contribution >= 0.6 is 0 Å². The van der Waals surface area contributed by atoms with E-state index in [1.807, 2.05) is 9.80 Å². The van der Waals surface area contributed by atoms with Crippen molar-refractivity contribution < 1.29 is 19.7 Å². The van der Waals surface area contributed by atoms with E-state index in [9.17, 15) is 15.0 Å². The minimum atomic E-state index is 0.0705. The quantitative estimate of drug-likeness (QED) is 0.829. The van der Waals surface area contributed by atoms with Gasteiger partial charge in [-0.1, -0.05) is 6.07 Å². The van der Waals surface area contributed by atoms with Gasteiger partial charge in [0.25, 0.3) is 0 Å². The Hall–Kier alpha value is -1.95. The van der Waals surface area contributed by atoms with E-state index in [2.05, 4.69) is 0 Å². The average molecular weight is 306 g/mol. The predicted molar refractivity (Wildman–Crippen MR) is 81.1 cm³/mol. The maximum absolute atomic E-state index is 12.4. The Kier molecular flexibility index (Phi) is 4.38. The summed E-state index contributed by atoms with van der Waals surface area (Å²) < 4.78 is 5.27. The maximum atomic E-state index is 12.4. The van der Waals surface area contributed by atoms with Gasteiger partial charge < -0.3 is 24.7 Å². The molecule has 0 unspecified atom stereocenters. The Morgan fingerprint density at radius 2 is 1.68 bits per heavy atom. The highest BCUT2D eigenvalue weighted by atomic mass is 16.5. The molecule has 0 saturated carbocycles.